The molecule has 1 aromatic heterocycles. The van der Waals surface area contributed by atoms with Crippen LogP contribution in [-0.4, -0.2) is 66.2 Å². The van der Waals surface area contributed by atoms with E-state index in [2.05, 4.69) is 10.2 Å². The SMILES string of the molecule is CN(C)c1ccc(C(=O)N2CCN(c3ccc(C(F)(F)F)cc3[N+](=O)[O-])CC2)nn1. The van der Waals surface area contributed by atoms with Crippen molar-refractivity contribution in [3.05, 3.63) is 51.7 Å². The van der Waals surface area contributed by atoms with E-state index in [-0.39, 0.29) is 43.5 Å². The number of nitro groups is 1. The molecule has 160 valence electrons. The fourth-order valence-corrected chi connectivity index (χ4v) is 3.10. The number of carbonyl (C=O) groups excluding carboxylic acids is 1. The Morgan fingerprint density at radius 2 is 1.77 bits per heavy atom. The molecule has 1 aliphatic rings. The second kappa shape index (κ2) is 8.13. The zero-order chi connectivity index (χ0) is 22.1. The number of alkyl halides is 3. The Morgan fingerprint density at radius 3 is 2.27 bits per heavy atom. The van der Waals surface area contributed by atoms with Crippen molar-refractivity contribution in [1.82, 2.24) is 15.1 Å². The van der Waals surface area contributed by atoms with Crippen molar-refractivity contribution >= 4 is 23.1 Å². The molecule has 0 unspecified atom stereocenters. The molecule has 3 rings (SSSR count). The first-order valence-corrected chi connectivity index (χ1v) is 8.99. The molecule has 0 N–H and O–H groups in total. The smallest absolute Gasteiger partial charge is 0.362 e. The van der Waals surface area contributed by atoms with Crippen LogP contribution in [0.25, 0.3) is 0 Å². The quantitative estimate of drug-likeness (QED) is 0.549. The van der Waals surface area contributed by atoms with Gasteiger partial charge in [-0.3, -0.25) is 14.9 Å². The molecule has 30 heavy (non-hydrogen) atoms. The minimum atomic E-state index is -4.67. The van der Waals surface area contributed by atoms with Crippen molar-refractivity contribution in [2.45, 2.75) is 6.18 Å². The summed E-state index contributed by atoms with van der Waals surface area (Å²) in [5, 5.41) is 19.2. The number of nitrogens with zero attached hydrogens (tertiary/aromatic N) is 6. The fourth-order valence-electron chi connectivity index (χ4n) is 3.10. The van der Waals surface area contributed by atoms with Crippen molar-refractivity contribution in [1.29, 1.82) is 0 Å². The summed E-state index contributed by atoms with van der Waals surface area (Å²) in [5.41, 5.74) is -1.42. The fraction of sp³-hybridized carbons (Fsp3) is 0.389. The second-order valence-corrected chi connectivity index (χ2v) is 6.91. The molecule has 1 aliphatic heterocycles. The van der Waals surface area contributed by atoms with Crippen LogP contribution in [-0.2, 0) is 6.18 Å². The zero-order valence-corrected chi connectivity index (χ0v) is 16.3. The summed E-state index contributed by atoms with van der Waals surface area (Å²) in [5.74, 6) is 0.278. The average Bonchev–Trinajstić information content (AvgIpc) is 2.72. The molecule has 0 atom stereocenters. The Labute approximate surface area is 169 Å². The molecule has 1 fully saturated rings. The molecule has 12 heteroatoms. The first kappa shape index (κ1) is 21.3. The number of carbonyl (C=O) groups is 1. The van der Waals surface area contributed by atoms with E-state index in [0.717, 1.165) is 12.1 Å². The number of halogens is 3. The Kier molecular flexibility index (Phi) is 5.76. The number of nitro benzene ring substituents is 1. The maximum absolute atomic E-state index is 12.9. The minimum absolute atomic E-state index is 0.0928. The van der Waals surface area contributed by atoms with Crippen LogP contribution < -0.4 is 9.80 Å². The summed E-state index contributed by atoms with van der Waals surface area (Å²) in [4.78, 5) is 28.0. The molecule has 9 nitrogen and oxygen atoms in total. The molecule has 1 saturated heterocycles. The van der Waals surface area contributed by atoms with Gasteiger partial charge in [-0.05, 0) is 24.3 Å². The van der Waals surface area contributed by atoms with Crippen LogP contribution in [0.5, 0.6) is 0 Å². The largest absolute Gasteiger partial charge is 0.416 e. The van der Waals surface area contributed by atoms with Crippen molar-refractivity contribution in [3.8, 4) is 0 Å². The number of hydrogen-bond acceptors (Lipinski definition) is 7. The number of aromatic nitrogens is 2. The van der Waals surface area contributed by atoms with Gasteiger partial charge in [0.1, 0.15) is 5.69 Å². The summed E-state index contributed by atoms with van der Waals surface area (Å²) in [7, 11) is 3.59. The van der Waals surface area contributed by atoms with Gasteiger partial charge in [0.2, 0.25) is 0 Å². The highest BCUT2D eigenvalue weighted by Crippen LogP contribution is 2.36. The summed E-state index contributed by atoms with van der Waals surface area (Å²) >= 11 is 0. The molecular weight excluding hydrogens is 405 g/mol. The molecule has 0 saturated carbocycles. The Hall–Kier alpha value is -3.44. The number of piperazine rings is 1. The molecule has 1 aromatic carbocycles. The van der Waals surface area contributed by atoms with Gasteiger partial charge in [0.15, 0.2) is 11.5 Å². The third kappa shape index (κ3) is 4.42. The van der Waals surface area contributed by atoms with Gasteiger partial charge >= 0.3 is 6.18 Å². The molecule has 2 heterocycles. The zero-order valence-electron chi connectivity index (χ0n) is 16.3. The third-order valence-corrected chi connectivity index (χ3v) is 4.73. The highest BCUT2D eigenvalue weighted by molar-refractivity contribution is 5.92. The van der Waals surface area contributed by atoms with Crippen molar-refractivity contribution in [3.63, 3.8) is 0 Å². The lowest BCUT2D eigenvalue weighted by Gasteiger charge is -2.35. The lowest BCUT2D eigenvalue weighted by molar-refractivity contribution is -0.384. The van der Waals surface area contributed by atoms with Crippen molar-refractivity contribution < 1.29 is 22.9 Å². The van der Waals surface area contributed by atoms with E-state index in [1.807, 2.05) is 0 Å². The second-order valence-electron chi connectivity index (χ2n) is 6.91. The third-order valence-electron chi connectivity index (χ3n) is 4.73. The number of rotatable bonds is 4. The van der Waals surface area contributed by atoms with Crippen LogP contribution in [0.3, 0.4) is 0 Å². The predicted octanol–water partition coefficient (Wildman–Crippen LogP) is 2.43. The Morgan fingerprint density at radius 1 is 1.10 bits per heavy atom. The van der Waals surface area contributed by atoms with Crippen LogP contribution in [0.2, 0.25) is 0 Å². The van der Waals surface area contributed by atoms with Crippen LogP contribution >= 0.6 is 0 Å². The van der Waals surface area contributed by atoms with Gasteiger partial charge in [0.05, 0.1) is 10.5 Å². The van der Waals surface area contributed by atoms with Crippen LogP contribution in [0, 0.1) is 10.1 Å². The summed E-state index contributed by atoms with van der Waals surface area (Å²) in [6, 6.07) is 5.69. The van der Waals surface area contributed by atoms with Gasteiger partial charge < -0.3 is 14.7 Å². The van der Waals surface area contributed by atoms with Gasteiger partial charge in [0, 0.05) is 46.3 Å². The van der Waals surface area contributed by atoms with E-state index < -0.39 is 22.4 Å². The first-order valence-electron chi connectivity index (χ1n) is 8.99. The lowest BCUT2D eigenvalue weighted by Crippen LogP contribution is -2.49. The van der Waals surface area contributed by atoms with E-state index in [4.69, 9.17) is 0 Å². The van der Waals surface area contributed by atoms with E-state index in [9.17, 15) is 28.1 Å². The Bertz CT molecular complexity index is 941. The number of hydrogen-bond donors (Lipinski definition) is 0. The molecule has 0 aliphatic carbocycles. The highest BCUT2D eigenvalue weighted by atomic mass is 19.4. The Balaban J connectivity index is 1.72. The average molecular weight is 424 g/mol. The minimum Gasteiger partial charge on any atom is -0.362 e. The molecule has 0 radical (unpaired) electrons. The van der Waals surface area contributed by atoms with Gasteiger partial charge in [-0.1, -0.05) is 0 Å². The van der Waals surface area contributed by atoms with Gasteiger partial charge in [-0.2, -0.15) is 13.2 Å². The maximum Gasteiger partial charge on any atom is 0.416 e. The van der Waals surface area contributed by atoms with Gasteiger partial charge in [-0.15, -0.1) is 10.2 Å². The van der Waals surface area contributed by atoms with Crippen LogP contribution in [0.1, 0.15) is 16.1 Å². The number of anilines is 2. The van der Waals surface area contributed by atoms with Gasteiger partial charge in [0.25, 0.3) is 11.6 Å². The summed E-state index contributed by atoms with van der Waals surface area (Å²) in [6.07, 6.45) is -4.67. The summed E-state index contributed by atoms with van der Waals surface area (Å²) in [6.45, 7) is 0.963. The molecule has 0 bridgehead atoms. The highest BCUT2D eigenvalue weighted by Gasteiger charge is 2.34. The monoisotopic (exact) mass is 424 g/mol. The first-order chi connectivity index (χ1) is 14.1. The molecule has 2 aromatic rings. The topological polar surface area (TPSA) is 95.7 Å². The summed E-state index contributed by atoms with van der Waals surface area (Å²) < 4.78 is 38.6. The molecule has 0 spiro atoms. The number of benzene rings is 1. The standard InChI is InChI=1S/C18H19F3N6O3/c1-24(2)16-6-4-13(22-23-16)17(28)26-9-7-25(8-10-26)14-5-3-12(18(19,20)21)11-15(14)27(29)30/h3-6,11H,7-10H2,1-2H3. The van der Waals surface area contributed by atoms with Crippen molar-refractivity contribution in [2.24, 2.45) is 0 Å². The van der Waals surface area contributed by atoms with E-state index in [0.29, 0.717) is 11.9 Å². The maximum atomic E-state index is 12.9. The van der Waals surface area contributed by atoms with E-state index in [1.54, 1.807) is 36.0 Å². The lowest BCUT2D eigenvalue weighted by atomic mass is 10.1. The van der Waals surface area contributed by atoms with Crippen LogP contribution in [0.4, 0.5) is 30.4 Å². The van der Waals surface area contributed by atoms with E-state index >= 15 is 0 Å². The molecule has 1 amide bonds. The van der Waals surface area contributed by atoms with E-state index in [1.165, 1.54) is 4.90 Å². The normalized spacial score (nSPS) is 14.6. The van der Waals surface area contributed by atoms with Gasteiger partial charge in [-0.25, -0.2) is 0 Å². The predicted molar refractivity (Wildman–Crippen MR) is 103 cm³/mol. The number of amides is 1. The molecular formula is C18H19F3N6O3. The van der Waals surface area contributed by atoms with Crippen molar-refractivity contribution in [2.75, 3.05) is 50.1 Å². The van der Waals surface area contributed by atoms with Crippen LogP contribution in [0.15, 0.2) is 30.3 Å².